The average Bonchev–Trinajstić information content (AvgIpc) is 3.25. The number of methoxy groups -OCH3 is 1. The summed E-state index contributed by atoms with van der Waals surface area (Å²) in [6.45, 7) is 3.40. The fraction of sp³-hybridized carbons (Fsp3) is 0.471. The second-order valence-electron chi connectivity index (χ2n) is 6.20. The first-order valence-electron chi connectivity index (χ1n) is 8.00. The molecule has 2 aromatic heterocycles. The maximum atomic E-state index is 12.6. The molecule has 23 heavy (non-hydrogen) atoms. The molecule has 0 aliphatic carbocycles. The fourth-order valence-electron chi connectivity index (χ4n) is 3.52. The van der Waals surface area contributed by atoms with Gasteiger partial charge in [0.25, 0.3) is 5.91 Å². The summed E-state index contributed by atoms with van der Waals surface area (Å²) in [5.41, 5.74) is 0. The number of nitrogens with zero attached hydrogens (tertiary/aromatic N) is 1. The van der Waals surface area contributed by atoms with Crippen LogP contribution >= 0.6 is 22.7 Å². The Kier molecular flexibility index (Phi) is 4.13. The van der Waals surface area contributed by atoms with E-state index in [9.17, 15) is 4.79 Å². The molecule has 5 rings (SSSR count). The zero-order chi connectivity index (χ0) is 15.8. The van der Waals surface area contributed by atoms with E-state index in [4.69, 9.17) is 4.74 Å². The monoisotopic (exact) mass is 348 g/mol. The van der Waals surface area contributed by atoms with Crippen LogP contribution in [0.2, 0.25) is 0 Å². The zero-order valence-corrected chi connectivity index (χ0v) is 14.7. The van der Waals surface area contributed by atoms with E-state index in [0.29, 0.717) is 12.0 Å². The topological polar surface area (TPSA) is 41.6 Å². The van der Waals surface area contributed by atoms with Crippen molar-refractivity contribution in [2.75, 3.05) is 26.7 Å². The number of ether oxygens (including phenoxy) is 1. The summed E-state index contributed by atoms with van der Waals surface area (Å²) in [5, 5.41) is 4.15. The zero-order valence-electron chi connectivity index (χ0n) is 13.1. The Morgan fingerprint density at radius 3 is 2.57 bits per heavy atom. The van der Waals surface area contributed by atoms with Crippen LogP contribution in [-0.2, 0) is 0 Å². The molecule has 3 saturated heterocycles. The third-order valence-electron chi connectivity index (χ3n) is 4.83. The number of nitrogens with one attached hydrogen (secondary N) is 1. The van der Waals surface area contributed by atoms with Gasteiger partial charge in [0.1, 0.15) is 0 Å². The van der Waals surface area contributed by atoms with Crippen molar-refractivity contribution < 1.29 is 9.53 Å². The highest BCUT2D eigenvalue weighted by molar-refractivity contribution is 7.23. The molecule has 0 saturated carbocycles. The molecule has 1 atom stereocenters. The number of hydrogen-bond donors (Lipinski definition) is 1. The maximum Gasteiger partial charge on any atom is 0.261 e. The first-order valence-corrected chi connectivity index (χ1v) is 9.63. The number of thiophene rings is 2. The lowest BCUT2D eigenvalue weighted by atomic mass is 9.84. The van der Waals surface area contributed by atoms with E-state index in [2.05, 4.69) is 10.2 Å². The average molecular weight is 348 g/mol. The van der Waals surface area contributed by atoms with Crippen molar-refractivity contribution >= 4 is 28.6 Å². The smallest absolute Gasteiger partial charge is 0.261 e. The number of amides is 1. The van der Waals surface area contributed by atoms with Gasteiger partial charge in [-0.1, -0.05) is 11.3 Å². The van der Waals surface area contributed by atoms with E-state index in [0.717, 1.165) is 26.2 Å². The van der Waals surface area contributed by atoms with E-state index in [-0.39, 0.29) is 5.91 Å². The van der Waals surface area contributed by atoms with Gasteiger partial charge in [0, 0.05) is 22.3 Å². The second-order valence-corrected chi connectivity index (χ2v) is 8.33. The van der Waals surface area contributed by atoms with Crippen LogP contribution in [-0.4, -0.2) is 43.6 Å². The highest BCUT2D eigenvalue weighted by Crippen LogP contribution is 2.37. The summed E-state index contributed by atoms with van der Waals surface area (Å²) in [7, 11) is 1.68. The summed E-state index contributed by atoms with van der Waals surface area (Å²) < 4.78 is 5.24. The molecule has 3 aliphatic rings. The van der Waals surface area contributed by atoms with Crippen LogP contribution in [0.5, 0.6) is 5.06 Å². The van der Waals surface area contributed by atoms with Gasteiger partial charge in [-0.2, -0.15) is 0 Å². The van der Waals surface area contributed by atoms with Gasteiger partial charge < -0.3 is 15.0 Å². The Morgan fingerprint density at radius 1 is 1.17 bits per heavy atom. The highest BCUT2D eigenvalue weighted by atomic mass is 32.1. The SMILES string of the molecule is COc1ccc(-c2ccc(C(=O)NC3CN4CCC3CC4)s2)s1. The molecule has 2 bridgehead atoms. The quantitative estimate of drug-likeness (QED) is 0.922. The lowest BCUT2D eigenvalue weighted by Crippen LogP contribution is -2.57. The number of carbonyl (C=O) groups excluding carboxylic acids is 1. The molecule has 0 spiro atoms. The summed E-state index contributed by atoms with van der Waals surface area (Å²) in [6, 6.07) is 8.29. The minimum absolute atomic E-state index is 0.0727. The molecular formula is C17H20N2O2S2. The van der Waals surface area contributed by atoms with Gasteiger partial charge in [0.2, 0.25) is 0 Å². The third kappa shape index (κ3) is 3.03. The predicted octanol–water partition coefficient (Wildman–Crippen LogP) is 3.31. The number of hydrogen-bond acceptors (Lipinski definition) is 5. The van der Waals surface area contributed by atoms with Gasteiger partial charge in [0.15, 0.2) is 5.06 Å². The molecule has 6 heteroatoms. The van der Waals surface area contributed by atoms with Crippen LogP contribution in [0, 0.1) is 5.92 Å². The van der Waals surface area contributed by atoms with Crippen molar-refractivity contribution in [1.29, 1.82) is 0 Å². The first kappa shape index (κ1) is 15.2. The van der Waals surface area contributed by atoms with Gasteiger partial charge >= 0.3 is 0 Å². The Bertz CT molecular complexity index is 701. The van der Waals surface area contributed by atoms with Crippen molar-refractivity contribution in [3.05, 3.63) is 29.1 Å². The molecule has 0 aromatic carbocycles. The molecule has 0 radical (unpaired) electrons. The van der Waals surface area contributed by atoms with E-state index in [1.165, 1.54) is 25.9 Å². The van der Waals surface area contributed by atoms with Gasteiger partial charge in [0.05, 0.1) is 12.0 Å². The number of piperidine rings is 3. The number of rotatable bonds is 4. The van der Waals surface area contributed by atoms with Gasteiger partial charge in [-0.05, 0) is 56.1 Å². The minimum Gasteiger partial charge on any atom is -0.487 e. The molecule has 122 valence electrons. The van der Waals surface area contributed by atoms with Crippen LogP contribution in [0.3, 0.4) is 0 Å². The minimum atomic E-state index is 0.0727. The molecule has 3 aliphatic heterocycles. The third-order valence-corrected chi connectivity index (χ3v) is 7.15. The Hall–Kier alpha value is -1.37. The van der Waals surface area contributed by atoms with Crippen molar-refractivity contribution in [2.24, 2.45) is 5.92 Å². The second kappa shape index (κ2) is 6.26. The predicted molar refractivity (Wildman–Crippen MR) is 94.6 cm³/mol. The molecule has 5 heterocycles. The molecular weight excluding hydrogens is 328 g/mol. The van der Waals surface area contributed by atoms with Crippen molar-refractivity contribution in [2.45, 2.75) is 18.9 Å². The van der Waals surface area contributed by atoms with Gasteiger partial charge in [-0.25, -0.2) is 0 Å². The van der Waals surface area contributed by atoms with E-state index >= 15 is 0 Å². The molecule has 1 unspecified atom stereocenters. The molecule has 3 fully saturated rings. The molecule has 2 aromatic rings. The van der Waals surface area contributed by atoms with Crippen LogP contribution in [0.25, 0.3) is 9.75 Å². The van der Waals surface area contributed by atoms with E-state index in [1.807, 2.05) is 24.3 Å². The Labute approximate surface area is 144 Å². The number of carbonyl (C=O) groups is 1. The van der Waals surface area contributed by atoms with Crippen molar-refractivity contribution in [3.63, 3.8) is 0 Å². The standard InChI is InChI=1S/C17H20N2O2S2/c1-21-16-5-4-14(23-16)13-2-3-15(22-13)17(20)18-12-10-19-8-6-11(12)7-9-19/h2-5,11-12H,6-10H2,1H3,(H,18,20). The lowest BCUT2D eigenvalue weighted by Gasteiger charge is -2.44. The summed E-state index contributed by atoms with van der Waals surface area (Å²) >= 11 is 3.16. The summed E-state index contributed by atoms with van der Waals surface area (Å²) in [4.78, 5) is 18.1. The van der Waals surface area contributed by atoms with Gasteiger partial charge in [-0.15, -0.1) is 11.3 Å². The Morgan fingerprint density at radius 2 is 1.91 bits per heavy atom. The molecule has 1 amide bonds. The van der Waals surface area contributed by atoms with Crippen molar-refractivity contribution in [3.8, 4) is 14.8 Å². The largest absolute Gasteiger partial charge is 0.487 e. The summed E-state index contributed by atoms with van der Waals surface area (Å²) in [5.74, 6) is 0.730. The first-order chi connectivity index (χ1) is 11.2. The molecule has 4 nitrogen and oxygen atoms in total. The number of fused-ring (bicyclic) bond motifs is 3. The van der Waals surface area contributed by atoms with Gasteiger partial charge in [-0.3, -0.25) is 4.79 Å². The maximum absolute atomic E-state index is 12.6. The van der Waals surface area contributed by atoms with E-state index < -0.39 is 0 Å². The van der Waals surface area contributed by atoms with Crippen molar-refractivity contribution in [1.82, 2.24) is 10.2 Å². The normalized spacial score (nSPS) is 26.2. The van der Waals surface area contributed by atoms with Crippen LogP contribution in [0.1, 0.15) is 22.5 Å². The fourth-order valence-corrected chi connectivity index (χ4v) is 5.34. The lowest BCUT2D eigenvalue weighted by molar-refractivity contribution is 0.0622. The van der Waals surface area contributed by atoms with Crippen LogP contribution in [0.15, 0.2) is 24.3 Å². The summed E-state index contributed by atoms with van der Waals surface area (Å²) in [6.07, 6.45) is 2.44. The Balaban J connectivity index is 1.45. The van der Waals surface area contributed by atoms with Crippen LogP contribution < -0.4 is 10.1 Å². The van der Waals surface area contributed by atoms with E-state index in [1.54, 1.807) is 29.8 Å². The molecule has 1 N–H and O–H groups in total. The van der Waals surface area contributed by atoms with Crippen LogP contribution in [0.4, 0.5) is 0 Å². The highest BCUT2D eigenvalue weighted by Gasteiger charge is 2.35.